The van der Waals surface area contributed by atoms with Crippen molar-refractivity contribution in [1.29, 1.82) is 5.41 Å². The molecule has 0 radical (unpaired) electrons. The van der Waals surface area contributed by atoms with Gasteiger partial charge in [0.25, 0.3) is 0 Å². The lowest BCUT2D eigenvalue weighted by Crippen LogP contribution is -2.59. The van der Waals surface area contributed by atoms with E-state index in [9.17, 15) is 27.6 Å². The molecule has 0 aliphatic carbocycles. The number of alkyl halides is 3. The zero-order chi connectivity index (χ0) is 33.0. The van der Waals surface area contributed by atoms with Crippen LogP contribution in [-0.4, -0.2) is 73.7 Å². The lowest BCUT2D eigenvalue weighted by molar-refractivity contribution is -0.137. The molecule has 0 spiro atoms. The molecule has 0 bridgehead atoms. The van der Waals surface area contributed by atoms with Crippen LogP contribution in [0.25, 0.3) is 10.9 Å². The number of halogens is 4. The van der Waals surface area contributed by atoms with Crippen LogP contribution in [0, 0.1) is 5.41 Å². The summed E-state index contributed by atoms with van der Waals surface area (Å²) in [5.74, 6) is 0.154. The molecule has 5 rings (SSSR count). The van der Waals surface area contributed by atoms with Crippen molar-refractivity contribution in [3.8, 4) is 0 Å². The number of thioether (sulfide) groups is 1. The van der Waals surface area contributed by atoms with Gasteiger partial charge in [-0.3, -0.25) is 19.4 Å². The van der Waals surface area contributed by atoms with Crippen LogP contribution in [0.15, 0.2) is 40.2 Å². The molecular formula is C29H33ClF3N7O4S. The van der Waals surface area contributed by atoms with Crippen molar-refractivity contribution in [2.24, 2.45) is 0 Å². The van der Waals surface area contributed by atoms with E-state index in [1.54, 1.807) is 56.6 Å². The van der Waals surface area contributed by atoms with E-state index < -0.39 is 58.3 Å². The highest BCUT2D eigenvalue weighted by molar-refractivity contribution is 7.99. The Balaban J connectivity index is 1.57. The number of benzene rings is 1. The first-order valence-corrected chi connectivity index (χ1v) is 15.6. The Kier molecular flexibility index (Phi) is 8.64. The van der Waals surface area contributed by atoms with Gasteiger partial charge in [0.1, 0.15) is 16.9 Å². The zero-order valence-corrected chi connectivity index (χ0v) is 26.8. The Morgan fingerprint density at radius 3 is 2.40 bits per heavy atom. The third kappa shape index (κ3) is 6.50. The average molecular weight is 668 g/mol. The van der Waals surface area contributed by atoms with Crippen molar-refractivity contribution in [3.63, 3.8) is 0 Å². The summed E-state index contributed by atoms with van der Waals surface area (Å²) in [4.78, 5) is 47.2. The van der Waals surface area contributed by atoms with Crippen molar-refractivity contribution in [3.05, 3.63) is 57.0 Å². The van der Waals surface area contributed by atoms with Gasteiger partial charge < -0.3 is 15.0 Å². The summed E-state index contributed by atoms with van der Waals surface area (Å²) in [6.45, 7) is 9.15. The Morgan fingerprint density at radius 2 is 1.80 bits per heavy atom. The lowest BCUT2D eigenvalue weighted by atomic mass is 10.1. The molecule has 45 heavy (non-hydrogen) atoms. The molecule has 2 aliphatic rings. The molecular weight excluding hydrogens is 635 g/mol. The molecule has 2 amide bonds. The van der Waals surface area contributed by atoms with Crippen LogP contribution in [0.3, 0.4) is 0 Å². The topological polar surface area (TPSA) is 126 Å². The summed E-state index contributed by atoms with van der Waals surface area (Å²) >= 11 is 7.40. The van der Waals surface area contributed by atoms with Gasteiger partial charge in [0, 0.05) is 37.0 Å². The molecule has 1 aromatic carbocycles. The second-order valence-electron chi connectivity index (χ2n) is 12.2. The fourth-order valence-corrected chi connectivity index (χ4v) is 7.26. The number of hydrogen-bond acceptors (Lipinski definition) is 8. The molecule has 11 nitrogen and oxygen atoms in total. The van der Waals surface area contributed by atoms with Crippen LogP contribution in [0.2, 0.25) is 5.02 Å². The minimum atomic E-state index is -4.80. The predicted octanol–water partition coefficient (Wildman–Crippen LogP) is 4.92. The Labute approximate surface area is 265 Å². The number of rotatable bonds is 2. The highest BCUT2D eigenvalue weighted by Crippen LogP contribution is 2.46. The highest BCUT2D eigenvalue weighted by Gasteiger charge is 2.40. The standard InChI is InChI=1S/C29H33ClF3N7O4S/c1-15-11-37(12-16(2)40(15)27(43)44-28(3,4)5)24-18-10-19(29(31,32)33)21(30)23-22(18)39(26(42)36-24)13-17(14-45-23)35-25(41)38-9-7-6-8-20(38)34/h6-10,15-17,34H,11-14H2,1-5H3,(H,35,41)/t15-,16+,17?. The molecule has 1 saturated heterocycles. The summed E-state index contributed by atoms with van der Waals surface area (Å²) in [5.41, 5.74) is -2.39. The van der Waals surface area contributed by atoms with Crippen LogP contribution >= 0.6 is 23.4 Å². The van der Waals surface area contributed by atoms with Gasteiger partial charge in [-0.15, -0.1) is 11.8 Å². The van der Waals surface area contributed by atoms with Crippen molar-refractivity contribution in [1.82, 2.24) is 24.3 Å². The van der Waals surface area contributed by atoms with Crippen molar-refractivity contribution in [2.75, 3.05) is 23.7 Å². The summed E-state index contributed by atoms with van der Waals surface area (Å²) in [7, 11) is 0. The van der Waals surface area contributed by atoms with E-state index in [0.29, 0.717) is 0 Å². The summed E-state index contributed by atoms with van der Waals surface area (Å²) in [5, 5.41) is 10.3. The summed E-state index contributed by atoms with van der Waals surface area (Å²) < 4.78 is 50.8. The third-order valence-electron chi connectivity index (χ3n) is 7.50. The molecule has 0 saturated carbocycles. The fraction of sp³-hybridized carbons (Fsp3) is 0.483. The van der Waals surface area contributed by atoms with E-state index in [-0.39, 0.29) is 52.5 Å². The van der Waals surface area contributed by atoms with Gasteiger partial charge in [0.2, 0.25) is 0 Å². The molecule has 2 aromatic heterocycles. The maximum absolute atomic E-state index is 14.3. The smallest absolute Gasteiger partial charge is 0.417 e. The van der Waals surface area contributed by atoms with Gasteiger partial charge >= 0.3 is 24.0 Å². The van der Waals surface area contributed by atoms with E-state index >= 15 is 0 Å². The van der Waals surface area contributed by atoms with E-state index in [0.717, 1.165) is 22.4 Å². The Hall–Kier alpha value is -3.72. The van der Waals surface area contributed by atoms with Crippen LogP contribution < -0.4 is 21.4 Å². The maximum Gasteiger partial charge on any atom is 0.417 e. The molecule has 1 unspecified atom stereocenters. The Morgan fingerprint density at radius 1 is 1.13 bits per heavy atom. The second-order valence-corrected chi connectivity index (χ2v) is 13.6. The minimum absolute atomic E-state index is 0.0546. The van der Waals surface area contributed by atoms with Gasteiger partial charge in [-0.1, -0.05) is 17.7 Å². The molecule has 2 aliphatic heterocycles. The number of ether oxygens (including phenoxy) is 1. The number of nitrogens with one attached hydrogen (secondary N) is 2. The zero-order valence-electron chi connectivity index (χ0n) is 25.2. The first-order valence-electron chi connectivity index (χ1n) is 14.2. The van der Waals surface area contributed by atoms with E-state index in [4.69, 9.17) is 21.7 Å². The SMILES string of the molecule is C[C@@H]1CN(c2nc(=O)n3c4c(c(Cl)c(C(F)(F)F)cc24)SCC(NC(=O)n2ccccc2=N)C3)C[C@H](C)N1C(=O)OC(C)(C)C. The van der Waals surface area contributed by atoms with E-state index in [1.165, 1.54) is 16.8 Å². The lowest BCUT2D eigenvalue weighted by Gasteiger charge is -2.45. The molecule has 3 aromatic rings. The van der Waals surface area contributed by atoms with Gasteiger partial charge in [0.05, 0.1) is 39.1 Å². The molecule has 4 heterocycles. The number of aromatic nitrogens is 3. The van der Waals surface area contributed by atoms with Gasteiger partial charge in [0.15, 0.2) is 0 Å². The first kappa shape index (κ1) is 32.7. The van der Waals surface area contributed by atoms with Gasteiger partial charge in [-0.25, -0.2) is 14.4 Å². The van der Waals surface area contributed by atoms with Crippen molar-refractivity contribution >= 4 is 52.2 Å². The monoisotopic (exact) mass is 667 g/mol. The average Bonchev–Trinajstić information content (AvgIpc) is 3.11. The fourth-order valence-electron chi connectivity index (χ4n) is 5.70. The summed E-state index contributed by atoms with van der Waals surface area (Å²) in [6, 6.07) is 3.36. The number of pyridine rings is 1. The third-order valence-corrected chi connectivity index (χ3v) is 9.26. The van der Waals surface area contributed by atoms with Crippen LogP contribution in [0.5, 0.6) is 0 Å². The summed E-state index contributed by atoms with van der Waals surface area (Å²) in [6.07, 6.45) is -3.90. The van der Waals surface area contributed by atoms with Crippen molar-refractivity contribution in [2.45, 2.75) is 76.0 Å². The number of piperazine rings is 1. The minimum Gasteiger partial charge on any atom is -0.444 e. The predicted molar refractivity (Wildman–Crippen MR) is 164 cm³/mol. The van der Waals surface area contributed by atoms with Gasteiger partial charge in [-0.2, -0.15) is 18.2 Å². The number of amides is 2. The quantitative estimate of drug-likeness (QED) is 0.398. The van der Waals surface area contributed by atoms with Crippen LogP contribution in [0.1, 0.15) is 40.2 Å². The van der Waals surface area contributed by atoms with Gasteiger partial charge in [-0.05, 0) is 52.8 Å². The molecule has 3 atom stereocenters. The number of carbonyl (C=O) groups excluding carboxylic acids is 2. The number of nitrogens with zero attached hydrogens (tertiary/aromatic N) is 5. The largest absolute Gasteiger partial charge is 0.444 e. The van der Waals surface area contributed by atoms with E-state index in [1.807, 2.05) is 0 Å². The number of carbonyl (C=O) groups is 2. The number of hydrogen-bond donors (Lipinski definition) is 2. The molecule has 16 heteroatoms. The highest BCUT2D eigenvalue weighted by atomic mass is 35.5. The second kappa shape index (κ2) is 11.9. The normalized spacial score (nSPS) is 20.6. The van der Waals surface area contributed by atoms with Crippen molar-refractivity contribution < 1.29 is 27.5 Å². The van der Waals surface area contributed by atoms with E-state index in [2.05, 4.69) is 10.3 Å². The molecule has 1 fully saturated rings. The first-order chi connectivity index (χ1) is 21.0. The Bertz CT molecular complexity index is 1780. The molecule has 2 N–H and O–H groups in total. The van der Waals surface area contributed by atoms with Crippen LogP contribution in [0.4, 0.5) is 28.6 Å². The van der Waals surface area contributed by atoms with Crippen LogP contribution in [-0.2, 0) is 17.5 Å². The maximum atomic E-state index is 14.3. The molecule has 242 valence electrons. The number of anilines is 1.